The summed E-state index contributed by atoms with van der Waals surface area (Å²) in [5, 5.41) is 3.58. The van der Waals surface area contributed by atoms with Crippen LogP contribution in [0.1, 0.15) is 39.2 Å². The lowest BCUT2D eigenvalue weighted by Crippen LogP contribution is -2.35. The van der Waals surface area contributed by atoms with E-state index >= 15 is 0 Å². The molecule has 0 aliphatic heterocycles. The van der Waals surface area contributed by atoms with Crippen molar-refractivity contribution in [1.29, 1.82) is 0 Å². The second kappa shape index (κ2) is 5.84. The van der Waals surface area contributed by atoms with Crippen LogP contribution in [0.15, 0.2) is 22.7 Å². The van der Waals surface area contributed by atoms with Gasteiger partial charge in [-0.05, 0) is 57.2 Å². The molecule has 0 heterocycles. The van der Waals surface area contributed by atoms with Gasteiger partial charge >= 0.3 is 0 Å². The van der Waals surface area contributed by atoms with E-state index in [-0.39, 0.29) is 5.54 Å². The van der Waals surface area contributed by atoms with Gasteiger partial charge in [-0.3, -0.25) is 0 Å². The summed E-state index contributed by atoms with van der Waals surface area (Å²) >= 11 is 3.59. The van der Waals surface area contributed by atoms with Gasteiger partial charge in [0.2, 0.25) is 0 Å². The molecule has 0 unspecified atom stereocenters. The molecule has 1 aliphatic rings. The van der Waals surface area contributed by atoms with Gasteiger partial charge in [0.1, 0.15) is 0 Å². The lowest BCUT2D eigenvalue weighted by Gasteiger charge is -2.26. The molecule has 1 aromatic rings. The molecular formula is C16H25BrN2. The standard InChI is InChI=1S/C16H25BrN2/c1-16(2,3)18-10-13-7-8-14(17)9-15(13)19(4)11-12-5-6-12/h7-9,12,18H,5-6,10-11H2,1-4H3. The fourth-order valence-electron chi connectivity index (χ4n) is 2.19. The van der Waals surface area contributed by atoms with Crippen LogP contribution >= 0.6 is 15.9 Å². The summed E-state index contributed by atoms with van der Waals surface area (Å²) in [6.45, 7) is 8.72. The maximum Gasteiger partial charge on any atom is 0.0420 e. The number of nitrogens with zero attached hydrogens (tertiary/aromatic N) is 1. The highest BCUT2D eigenvalue weighted by Crippen LogP contribution is 2.32. The predicted molar refractivity (Wildman–Crippen MR) is 86.7 cm³/mol. The summed E-state index contributed by atoms with van der Waals surface area (Å²) in [6.07, 6.45) is 2.79. The van der Waals surface area contributed by atoms with E-state index in [9.17, 15) is 0 Å². The van der Waals surface area contributed by atoms with Crippen LogP contribution in [0.3, 0.4) is 0 Å². The van der Waals surface area contributed by atoms with Gasteiger partial charge in [0, 0.05) is 35.8 Å². The Hall–Kier alpha value is -0.540. The van der Waals surface area contributed by atoms with Gasteiger partial charge in [-0.25, -0.2) is 0 Å². The molecule has 1 fully saturated rings. The zero-order valence-corrected chi connectivity index (χ0v) is 14.0. The molecule has 1 saturated carbocycles. The van der Waals surface area contributed by atoms with Crippen molar-refractivity contribution in [1.82, 2.24) is 5.32 Å². The summed E-state index contributed by atoms with van der Waals surface area (Å²) in [5.41, 5.74) is 2.87. The van der Waals surface area contributed by atoms with Crippen molar-refractivity contribution in [2.75, 3.05) is 18.5 Å². The number of halogens is 1. The largest absolute Gasteiger partial charge is 0.374 e. The molecule has 2 nitrogen and oxygen atoms in total. The molecule has 106 valence electrons. The first-order chi connectivity index (χ1) is 8.85. The third-order valence-corrected chi connectivity index (χ3v) is 3.99. The molecule has 0 amide bonds. The normalized spacial score (nSPS) is 15.6. The molecule has 2 rings (SSSR count). The molecule has 1 aromatic carbocycles. The minimum atomic E-state index is 0.152. The van der Waals surface area contributed by atoms with Crippen molar-refractivity contribution in [2.45, 2.75) is 45.7 Å². The maximum absolute atomic E-state index is 3.59. The van der Waals surface area contributed by atoms with Crippen molar-refractivity contribution in [3.63, 3.8) is 0 Å². The minimum absolute atomic E-state index is 0.152. The lowest BCUT2D eigenvalue weighted by molar-refractivity contribution is 0.424. The molecule has 3 heteroatoms. The van der Waals surface area contributed by atoms with Crippen LogP contribution in [-0.2, 0) is 6.54 Å². The SMILES string of the molecule is CN(CC1CC1)c1cc(Br)ccc1CNC(C)(C)C. The average molecular weight is 325 g/mol. The summed E-state index contributed by atoms with van der Waals surface area (Å²) in [7, 11) is 2.21. The molecule has 0 aromatic heterocycles. The van der Waals surface area contributed by atoms with E-state index in [2.05, 4.69) is 72.2 Å². The minimum Gasteiger partial charge on any atom is -0.374 e. The van der Waals surface area contributed by atoms with Crippen LogP contribution in [0.4, 0.5) is 5.69 Å². The van der Waals surface area contributed by atoms with Crippen LogP contribution in [0.2, 0.25) is 0 Å². The van der Waals surface area contributed by atoms with Gasteiger partial charge in [-0.1, -0.05) is 22.0 Å². The lowest BCUT2D eigenvalue weighted by atomic mass is 10.1. The Bertz CT molecular complexity index is 433. The summed E-state index contributed by atoms with van der Waals surface area (Å²) in [6, 6.07) is 6.59. The number of anilines is 1. The van der Waals surface area contributed by atoms with Crippen molar-refractivity contribution in [3.8, 4) is 0 Å². The van der Waals surface area contributed by atoms with Crippen LogP contribution in [-0.4, -0.2) is 19.1 Å². The summed E-state index contributed by atoms with van der Waals surface area (Å²) < 4.78 is 1.16. The molecule has 19 heavy (non-hydrogen) atoms. The number of nitrogens with one attached hydrogen (secondary N) is 1. The van der Waals surface area contributed by atoms with Gasteiger partial charge < -0.3 is 10.2 Å². The molecule has 0 bridgehead atoms. The van der Waals surface area contributed by atoms with E-state index in [1.807, 2.05) is 0 Å². The molecule has 1 aliphatic carbocycles. The molecule has 0 atom stereocenters. The summed E-state index contributed by atoms with van der Waals surface area (Å²) in [4.78, 5) is 2.40. The number of hydrogen-bond donors (Lipinski definition) is 1. The Morgan fingerprint density at radius 1 is 1.32 bits per heavy atom. The smallest absolute Gasteiger partial charge is 0.0420 e. The molecule has 0 saturated heterocycles. The number of hydrogen-bond acceptors (Lipinski definition) is 2. The highest BCUT2D eigenvalue weighted by Gasteiger charge is 2.24. The zero-order valence-electron chi connectivity index (χ0n) is 12.5. The van der Waals surface area contributed by atoms with E-state index in [4.69, 9.17) is 0 Å². The zero-order chi connectivity index (χ0) is 14.0. The Kier molecular flexibility index (Phi) is 4.57. The predicted octanol–water partition coefficient (Wildman–Crippen LogP) is 4.18. The van der Waals surface area contributed by atoms with Crippen LogP contribution in [0, 0.1) is 5.92 Å². The van der Waals surface area contributed by atoms with Gasteiger partial charge in [0.25, 0.3) is 0 Å². The maximum atomic E-state index is 3.59. The fraction of sp³-hybridized carbons (Fsp3) is 0.625. The van der Waals surface area contributed by atoms with Crippen molar-refractivity contribution < 1.29 is 0 Å². The van der Waals surface area contributed by atoms with E-state index in [0.717, 1.165) is 16.9 Å². The Morgan fingerprint density at radius 2 is 2.00 bits per heavy atom. The second-order valence-electron chi connectivity index (χ2n) is 6.70. The van der Waals surface area contributed by atoms with Crippen LogP contribution in [0.5, 0.6) is 0 Å². The molecule has 1 N–H and O–H groups in total. The van der Waals surface area contributed by atoms with Crippen molar-refractivity contribution in [2.24, 2.45) is 5.92 Å². The fourth-order valence-corrected chi connectivity index (χ4v) is 2.54. The summed E-state index contributed by atoms with van der Waals surface area (Å²) in [5.74, 6) is 0.910. The molecule has 0 radical (unpaired) electrons. The Balaban J connectivity index is 2.11. The average Bonchev–Trinajstić information content (AvgIpc) is 3.10. The monoisotopic (exact) mass is 324 g/mol. The third kappa shape index (κ3) is 4.81. The number of rotatable bonds is 5. The van der Waals surface area contributed by atoms with E-state index in [1.54, 1.807) is 0 Å². The van der Waals surface area contributed by atoms with E-state index < -0.39 is 0 Å². The quantitative estimate of drug-likeness (QED) is 0.873. The van der Waals surface area contributed by atoms with Crippen molar-refractivity contribution >= 4 is 21.6 Å². The van der Waals surface area contributed by atoms with Gasteiger partial charge in [0.15, 0.2) is 0 Å². The highest BCUT2D eigenvalue weighted by molar-refractivity contribution is 9.10. The first-order valence-corrected chi connectivity index (χ1v) is 7.89. The van der Waals surface area contributed by atoms with Gasteiger partial charge in [-0.2, -0.15) is 0 Å². The molecule has 0 spiro atoms. The third-order valence-electron chi connectivity index (χ3n) is 3.50. The van der Waals surface area contributed by atoms with Crippen molar-refractivity contribution in [3.05, 3.63) is 28.2 Å². The van der Waals surface area contributed by atoms with Gasteiger partial charge in [0.05, 0.1) is 0 Å². The van der Waals surface area contributed by atoms with Crippen LogP contribution < -0.4 is 10.2 Å². The van der Waals surface area contributed by atoms with Gasteiger partial charge in [-0.15, -0.1) is 0 Å². The molecular weight excluding hydrogens is 300 g/mol. The highest BCUT2D eigenvalue weighted by atomic mass is 79.9. The first-order valence-electron chi connectivity index (χ1n) is 7.10. The Morgan fingerprint density at radius 3 is 2.58 bits per heavy atom. The topological polar surface area (TPSA) is 15.3 Å². The van der Waals surface area contributed by atoms with E-state index in [1.165, 1.54) is 30.6 Å². The van der Waals surface area contributed by atoms with Crippen LogP contribution in [0.25, 0.3) is 0 Å². The van der Waals surface area contributed by atoms with E-state index in [0.29, 0.717) is 0 Å². The first kappa shape index (κ1) is 14.9. The number of benzene rings is 1. The Labute approximate surface area is 125 Å². The second-order valence-corrected chi connectivity index (χ2v) is 7.62.